The zero-order chi connectivity index (χ0) is 10.7. The van der Waals surface area contributed by atoms with Gasteiger partial charge in [0.1, 0.15) is 11.6 Å². The molecule has 0 aromatic heterocycles. The number of benzene rings is 1. The smallest absolute Gasteiger partial charge is 0.123 e. The topological polar surface area (TPSA) is 35.2 Å². The zero-order valence-corrected chi connectivity index (χ0v) is 8.71. The van der Waals surface area contributed by atoms with E-state index in [4.69, 9.17) is 10.5 Å². The van der Waals surface area contributed by atoms with Crippen molar-refractivity contribution in [2.45, 2.75) is 31.8 Å². The molecule has 0 aliphatic heterocycles. The van der Waals surface area contributed by atoms with Crippen molar-refractivity contribution in [1.29, 1.82) is 0 Å². The van der Waals surface area contributed by atoms with E-state index in [1.807, 2.05) is 0 Å². The Morgan fingerprint density at radius 1 is 1.40 bits per heavy atom. The molecule has 82 valence electrons. The standard InChI is InChI=1S/C12H16FNO/c13-10-4-5-12(9(8-10)6-7-14)15-11-2-1-3-11/h4-5,8,11H,1-3,6-7,14H2. The van der Waals surface area contributed by atoms with Crippen molar-refractivity contribution < 1.29 is 9.13 Å². The van der Waals surface area contributed by atoms with Gasteiger partial charge in [0.15, 0.2) is 0 Å². The van der Waals surface area contributed by atoms with Crippen LogP contribution in [-0.2, 0) is 6.42 Å². The quantitative estimate of drug-likeness (QED) is 0.825. The van der Waals surface area contributed by atoms with Crippen LogP contribution in [0.4, 0.5) is 4.39 Å². The van der Waals surface area contributed by atoms with Crippen molar-refractivity contribution in [3.05, 3.63) is 29.6 Å². The summed E-state index contributed by atoms with van der Waals surface area (Å²) in [6.45, 7) is 0.518. The molecule has 15 heavy (non-hydrogen) atoms. The first-order chi connectivity index (χ1) is 7.29. The minimum absolute atomic E-state index is 0.223. The van der Waals surface area contributed by atoms with E-state index in [-0.39, 0.29) is 5.82 Å². The van der Waals surface area contributed by atoms with Gasteiger partial charge in [-0.1, -0.05) is 0 Å². The van der Waals surface area contributed by atoms with E-state index < -0.39 is 0 Å². The molecular weight excluding hydrogens is 193 g/mol. The van der Waals surface area contributed by atoms with Crippen LogP contribution in [0, 0.1) is 5.82 Å². The summed E-state index contributed by atoms with van der Waals surface area (Å²) in [5, 5.41) is 0. The Kier molecular flexibility index (Phi) is 3.21. The van der Waals surface area contributed by atoms with Gasteiger partial charge in [-0.3, -0.25) is 0 Å². The summed E-state index contributed by atoms with van der Waals surface area (Å²) in [4.78, 5) is 0. The van der Waals surface area contributed by atoms with E-state index in [1.165, 1.54) is 18.6 Å². The van der Waals surface area contributed by atoms with E-state index in [0.29, 0.717) is 19.1 Å². The first kappa shape index (κ1) is 10.4. The van der Waals surface area contributed by atoms with Crippen LogP contribution in [0.5, 0.6) is 5.75 Å². The molecule has 1 aliphatic rings. The minimum Gasteiger partial charge on any atom is -0.490 e. The molecule has 0 radical (unpaired) electrons. The summed E-state index contributed by atoms with van der Waals surface area (Å²) in [5.74, 6) is 0.575. The number of rotatable bonds is 4. The third-order valence-electron chi connectivity index (χ3n) is 2.78. The van der Waals surface area contributed by atoms with Crippen molar-refractivity contribution in [2.75, 3.05) is 6.54 Å². The number of hydrogen-bond acceptors (Lipinski definition) is 2. The van der Waals surface area contributed by atoms with E-state index in [1.54, 1.807) is 6.07 Å². The molecule has 1 fully saturated rings. The van der Waals surface area contributed by atoms with Crippen LogP contribution < -0.4 is 10.5 Å². The molecule has 1 aromatic rings. The average molecular weight is 209 g/mol. The first-order valence-corrected chi connectivity index (χ1v) is 5.45. The van der Waals surface area contributed by atoms with Crippen LogP contribution in [-0.4, -0.2) is 12.6 Å². The number of nitrogens with two attached hydrogens (primary N) is 1. The number of hydrogen-bond donors (Lipinski definition) is 1. The maximum atomic E-state index is 13.0. The van der Waals surface area contributed by atoms with E-state index in [9.17, 15) is 4.39 Å². The Labute approximate surface area is 89.2 Å². The van der Waals surface area contributed by atoms with Crippen LogP contribution in [0.15, 0.2) is 18.2 Å². The minimum atomic E-state index is -0.223. The van der Waals surface area contributed by atoms with Crippen molar-refractivity contribution >= 4 is 0 Å². The average Bonchev–Trinajstić information content (AvgIpc) is 2.14. The largest absolute Gasteiger partial charge is 0.490 e. The number of ether oxygens (including phenoxy) is 1. The lowest BCUT2D eigenvalue weighted by Gasteiger charge is -2.27. The third kappa shape index (κ3) is 2.48. The zero-order valence-electron chi connectivity index (χ0n) is 8.71. The molecule has 3 heteroatoms. The van der Waals surface area contributed by atoms with Crippen LogP contribution >= 0.6 is 0 Å². The highest BCUT2D eigenvalue weighted by molar-refractivity contribution is 5.34. The molecule has 0 saturated heterocycles. The monoisotopic (exact) mass is 209 g/mol. The second-order valence-electron chi connectivity index (χ2n) is 3.96. The Morgan fingerprint density at radius 2 is 2.20 bits per heavy atom. The van der Waals surface area contributed by atoms with Crippen LogP contribution in [0.25, 0.3) is 0 Å². The van der Waals surface area contributed by atoms with Gasteiger partial charge < -0.3 is 10.5 Å². The van der Waals surface area contributed by atoms with Gasteiger partial charge >= 0.3 is 0 Å². The van der Waals surface area contributed by atoms with Crippen molar-refractivity contribution in [3.63, 3.8) is 0 Å². The SMILES string of the molecule is NCCc1cc(F)ccc1OC1CCC1. The maximum absolute atomic E-state index is 13.0. The molecule has 1 aromatic carbocycles. The van der Waals surface area contributed by atoms with E-state index >= 15 is 0 Å². The summed E-state index contributed by atoms with van der Waals surface area (Å²) < 4.78 is 18.8. The molecule has 1 aliphatic carbocycles. The lowest BCUT2D eigenvalue weighted by molar-refractivity contribution is 0.119. The maximum Gasteiger partial charge on any atom is 0.123 e. The van der Waals surface area contributed by atoms with Gasteiger partial charge in [-0.15, -0.1) is 0 Å². The van der Waals surface area contributed by atoms with Crippen LogP contribution in [0.1, 0.15) is 24.8 Å². The molecule has 0 atom stereocenters. The highest BCUT2D eigenvalue weighted by Gasteiger charge is 2.20. The molecule has 0 unspecified atom stereocenters. The third-order valence-corrected chi connectivity index (χ3v) is 2.78. The van der Waals surface area contributed by atoms with Gasteiger partial charge in [-0.2, -0.15) is 0 Å². The van der Waals surface area contributed by atoms with Crippen molar-refractivity contribution in [2.24, 2.45) is 5.73 Å². The highest BCUT2D eigenvalue weighted by Crippen LogP contribution is 2.28. The molecule has 0 amide bonds. The van der Waals surface area contributed by atoms with Crippen LogP contribution in [0.3, 0.4) is 0 Å². The lowest BCUT2D eigenvalue weighted by atomic mass is 9.96. The summed E-state index contributed by atoms with van der Waals surface area (Å²) >= 11 is 0. The predicted molar refractivity (Wildman–Crippen MR) is 57.4 cm³/mol. The molecule has 0 bridgehead atoms. The van der Waals surface area contributed by atoms with Crippen molar-refractivity contribution in [1.82, 2.24) is 0 Å². The molecular formula is C12H16FNO. The predicted octanol–water partition coefficient (Wildman–Crippen LogP) is 2.26. The highest BCUT2D eigenvalue weighted by atomic mass is 19.1. The second kappa shape index (κ2) is 4.62. The fourth-order valence-electron chi connectivity index (χ4n) is 1.68. The van der Waals surface area contributed by atoms with Gasteiger partial charge in [-0.05, 0) is 56.0 Å². The molecule has 2 N–H and O–H groups in total. The molecule has 1 saturated carbocycles. The van der Waals surface area contributed by atoms with Gasteiger partial charge in [0.2, 0.25) is 0 Å². The Balaban J connectivity index is 2.12. The van der Waals surface area contributed by atoms with Gasteiger partial charge in [-0.25, -0.2) is 4.39 Å². The summed E-state index contributed by atoms with van der Waals surface area (Å²) in [6.07, 6.45) is 4.45. The van der Waals surface area contributed by atoms with Gasteiger partial charge in [0, 0.05) is 0 Å². The molecule has 2 nitrogen and oxygen atoms in total. The second-order valence-corrected chi connectivity index (χ2v) is 3.96. The fraction of sp³-hybridized carbons (Fsp3) is 0.500. The normalized spacial score (nSPS) is 16.1. The van der Waals surface area contributed by atoms with Crippen LogP contribution in [0.2, 0.25) is 0 Å². The molecule has 0 spiro atoms. The summed E-state index contributed by atoms with van der Waals surface area (Å²) in [7, 11) is 0. The van der Waals surface area contributed by atoms with Crippen molar-refractivity contribution in [3.8, 4) is 5.75 Å². The first-order valence-electron chi connectivity index (χ1n) is 5.45. The lowest BCUT2D eigenvalue weighted by Crippen LogP contribution is -2.25. The summed E-state index contributed by atoms with van der Waals surface area (Å²) in [5.41, 5.74) is 6.36. The van der Waals surface area contributed by atoms with Gasteiger partial charge in [0.25, 0.3) is 0 Å². The van der Waals surface area contributed by atoms with Gasteiger partial charge in [0.05, 0.1) is 6.10 Å². The van der Waals surface area contributed by atoms with E-state index in [2.05, 4.69) is 0 Å². The Bertz CT molecular complexity index is 336. The fourth-order valence-corrected chi connectivity index (χ4v) is 1.68. The molecule has 0 heterocycles. The summed E-state index contributed by atoms with van der Waals surface area (Å²) in [6, 6.07) is 4.66. The molecule has 2 rings (SSSR count). The van der Waals surface area contributed by atoms with E-state index in [0.717, 1.165) is 24.2 Å². The Morgan fingerprint density at radius 3 is 2.80 bits per heavy atom. The Hall–Kier alpha value is -1.09. The number of halogens is 1.